The fourth-order valence-electron chi connectivity index (χ4n) is 1.71. The van der Waals surface area contributed by atoms with Crippen molar-refractivity contribution in [2.75, 3.05) is 0 Å². The van der Waals surface area contributed by atoms with Crippen LogP contribution in [-0.2, 0) is 32.7 Å². The van der Waals surface area contributed by atoms with Gasteiger partial charge in [0.2, 0.25) is 0 Å². The van der Waals surface area contributed by atoms with Crippen molar-refractivity contribution < 1.29 is 83.8 Å². The van der Waals surface area contributed by atoms with Crippen LogP contribution in [-0.4, -0.2) is 46.7 Å². The number of rotatable bonds is 3. The van der Waals surface area contributed by atoms with Crippen molar-refractivity contribution in [2.45, 2.75) is 74.2 Å². The van der Waals surface area contributed by atoms with Crippen molar-refractivity contribution >= 4 is 85.1 Å². The van der Waals surface area contributed by atoms with Gasteiger partial charge in [-0.15, -0.1) is 34.0 Å². The number of hydrogen-bond donors (Lipinski definition) is 3. The van der Waals surface area contributed by atoms with Crippen molar-refractivity contribution in [1.29, 1.82) is 0 Å². The molecule has 0 bridgehead atoms. The van der Waals surface area contributed by atoms with Gasteiger partial charge in [0.25, 0.3) is 5.78 Å². The van der Waals surface area contributed by atoms with Gasteiger partial charge in [0.15, 0.2) is 12.4 Å². The number of halogens is 8. The van der Waals surface area contributed by atoms with Crippen LogP contribution in [0.4, 0.5) is 26.3 Å². The Hall–Kier alpha value is -0.231. The summed E-state index contributed by atoms with van der Waals surface area (Å²) in [6, 6.07) is 4.28. The van der Waals surface area contributed by atoms with E-state index in [1.165, 1.54) is 41.1 Å². The van der Waals surface area contributed by atoms with E-state index in [4.69, 9.17) is 15.2 Å². The van der Waals surface area contributed by atoms with E-state index in [2.05, 4.69) is 51.9 Å². The van der Waals surface area contributed by atoms with E-state index in [0.717, 1.165) is 38.3 Å². The molecule has 5 nitrogen and oxygen atoms in total. The van der Waals surface area contributed by atoms with Crippen LogP contribution in [0.2, 0.25) is 6.82 Å². The number of aryl methyl sites for hydroxylation is 1. The molecule has 3 heterocycles. The van der Waals surface area contributed by atoms with Gasteiger partial charge in [-0.2, -0.15) is 33.3 Å². The molecule has 46 heavy (non-hydrogen) atoms. The van der Waals surface area contributed by atoms with Gasteiger partial charge in [-0.05, 0) is 74.7 Å². The number of aldehydes is 1. The third kappa shape index (κ3) is 33.7. The van der Waals surface area contributed by atoms with E-state index in [9.17, 15) is 35.9 Å². The van der Waals surface area contributed by atoms with Crippen LogP contribution in [0.25, 0.3) is 0 Å². The summed E-state index contributed by atoms with van der Waals surface area (Å²) in [6.45, 7) is 22.9. The maximum Gasteiger partial charge on any atom is 0.455 e. The molecule has 18 heteroatoms. The molecular formula is C28H41BBr2F6O5S3Y-2. The first kappa shape index (κ1) is 61.0. The van der Waals surface area contributed by atoms with Crippen LogP contribution in [0.3, 0.4) is 0 Å². The van der Waals surface area contributed by atoms with Crippen molar-refractivity contribution in [3.63, 3.8) is 0 Å². The number of carbonyl (C=O) groups excluding carboxylic acids is 2. The molecule has 3 N–H and O–H groups in total. The number of ketones is 1. The zero-order valence-electron chi connectivity index (χ0n) is 25.7. The number of alkyl halides is 6. The minimum Gasteiger partial charge on any atom is -0.521 e. The number of aliphatic hydroxyl groups is 1. The summed E-state index contributed by atoms with van der Waals surface area (Å²) >= 11 is 9.34. The second kappa shape index (κ2) is 36.1. The Morgan fingerprint density at radius 1 is 0.935 bits per heavy atom. The third-order valence-corrected chi connectivity index (χ3v) is 7.49. The molecule has 1 unspecified atom stereocenters. The van der Waals surface area contributed by atoms with E-state index in [0.29, 0.717) is 10.0 Å². The average molecular weight is 927 g/mol. The van der Waals surface area contributed by atoms with Gasteiger partial charge in [0, 0.05) is 57.3 Å². The summed E-state index contributed by atoms with van der Waals surface area (Å²) < 4.78 is 72.6. The molecule has 0 saturated carbocycles. The normalized spacial score (nSPS) is 9.54. The molecule has 0 spiro atoms. The predicted octanol–water partition coefficient (Wildman–Crippen LogP) is 11.5. The second-order valence-corrected chi connectivity index (χ2v) is 11.0. The Morgan fingerprint density at radius 3 is 1.54 bits per heavy atom. The van der Waals surface area contributed by atoms with E-state index >= 15 is 0 Å². The standard InChI is InChI=1S/C7H5F3OS.C6H4BrF3OS.C5H3BrOS.2C2H6.C2H5.C2H3.CH5BO2.CH4.Y/c1-4-2-5(12-3-4)6(11)7(8,9)10;7-3-1-4(12-2-3)5(11)6(8,9)10;6-4-1-5(2-7)8-3-4;4*1-2;1-2(3)4;;/h2-3H,1H3;1-2,5,11H;1-3H;2*1-2H3;1H2,2H3;1H,2H2;3-4H,1H3;1H4;/q;;;;;2*-1;;;. The van der Waals surface area contributed by atoms with Gasteiger partial charge < -0.3 is 28.7 Å². The van der Waals surface area contributed by atoms with Crippen LogP contribution < -0.4 is 0 Å². The van der Waals surface area contributed by atoms with Crippen molar-refractivity contribution in [1.82, 2.24) is 0 Å². The summed E-state index contributed by atoms with van der Waals surface area (Å²) in [5, 5.41) is 28.8. The predicted molar refractivity (Wildman–Crippen MR) is 186 cm³/mol. The molecular weight excluding hydrogens is 886 g/mol. The Kier molecular flexibility index (Phi) is 47.8. The van der Waals surface area contributed by atoms with E-state index in [1.54, 1.807) is 19.9 Å². The summed E-state index contributed by atoms with van der Waals surface area (Å²) in [7, 11) is -1.17. The molecule has 265 valence electrons. The number of aliphatic hydroxyl groups excluding tert-OH is 1. The molecule has 0 amide bonds. The fraction of sp³-hybridized carbons (Fsp3) is 0.393. The Bertz CT molecular complexity index is 1110. The van der Waals surface area contributed by atoms with E-state index < -0.39 is 31.4 Å². The maximum atomic E-state index is 11.9. The largest absolute Gasteiger partial charge is 0.521 e. The summed E-state index contributed by atoms with van der Waals surface area (Å²) in [5.74, 6) is -1.76. The second-order valence-electron chi connectivity index (χ2n) is 6.34. The number of Topliss-reactive ketones (excluding diaryl/α,β-unsaturated/α-hetero) is 1. The number of hydrogen-bond acceptors (Lipinski definition) is 8. The molecule has 1 radical (unpaired) electrons. The van der Waals surface area contributed by atoms with Crippen LogP contribution >= 0.6 is 65.9 Å². The quantitative estimate of drug-likeness (QED) is 0.0800. The fourth-order valence-corrected chi connectivity index (χ4v) is 5.27. The zero-order valence-corrected chi connectivity index (χ0v) is 34.1. The zero-order chi connectivity index (χ0) is 36.3. The monoisotopic (exact) mass is 925 g/mol. The third-order valence-electron chi connectivity index (χ3n) is 3.08. The number of carbonyl (C=O) groups is 2. The van der Waals surface area contributed by atoms with Crippen molar-refractivity contribution in [2.24, 2.45) is 0 Å². The Balaban J connectivity index is -0.0000000841. The van der Waals surface area contributed by atoms with Crippen LogP contribution in [0.1, 0.15) is 77.9 Å². The average Bonchev–Trinajstić information content (AvgIpc) is 3.73. The summed E-state index contributed by atoms with van der Waals surface area (Å²) in [5.41, 5.74) is 0.674. The number of thiophene rings is 3. The van der Waals surface area contributed by atoms with Crippen molar-refractivity contribution in [3.05, 3.63) is 83.6 Å². The van der Waals surface area contributed by atoms with Gasteiger partial charge in [0.05, 0.1) is 9.75 Å². The first-order valence-electron chi connectivity index (χ1n) is 12.2. The molecule has 0 aliphatic heterocycles. The first-order valence-corrected chi connectivity index (χ1v) is 16.4. The minimum atomic E-state index is -4.75. The molecule has 1 atom stereocenters. The molecule has 0 aliphatic rings. The molecule has 0 aliphatic carbocycles. The molecule has 0 saturated heterocycles. The molecule has 0 fully saturated rings. The SMILES string of the molecule is C.CB(O)O.CC.CC.Cc1csc(C(=O)C(F)(F)F)c1.O=Cc1cc(Br)cs1.OC(c1cc(Br)cs1)C(F)(F)F.[CH-]=C.[CH2-]C.[Y]. The smallest absolute Gasteiger partial charge is 0.455 e. The van der Waals surface area contributed by atoms with E-state index in [1.807, 2.05) is 33.1 Å². The Labute approximate surface area is 323 Å². The minimum absolute atomic E-state index is 0. The summed E-state index contributed by atoms with van der Waals surface area (Å²) in [6.07, 6.45) is -10.9. The van der Waals surface area contributed by atoms with Crippen molar-refractivity contribution in [3.8, 4) is 0 Å². The molecule has 3 aromatic rings. The van der Waals surface area contributed by atoms with Gasteiger partial charge in [-0.25, -0.2) is 0 Å². The summed E-state index contributed by atoms with van der Waals surface area (Å²) in [4.78, 5) is 21.0. The van der Waals surface area contributed by atoms with Gasteiger partial charge in [0.1, 0.15) is 0 Å². The van der Waals surface area contributed by atoms with Gasteiger partial charge in [-0.1, -0.05) is 35.1 Å². The van der Waals surface area contributed by atoms with Gasteiger partial charge in [-0.3, -0.25) is 16.2 Å². The maximum absolute atomic E-state index is 11.9. The molecule has 3 rings (SSSR count). The Morgan fingerprint density at radius 2 is 1.33 bits per heavy atom. The van der Waals surface area contributed by atoms with Crippen LogP contribution in [0.15, 0.2) is 49.9 Å². The van der Waals surface area contributed by atoms with Gasteiger partial charge >= 0.3 is 19.5 Å². The topological polar surface area (TPSA) is 94.8 Å². The molecule has 3 aromatic heterocycles. The first-order chi connectivity index (χ1) is 20.4. The van der Waals surface area contributed by atoms with Crippen LogP contribution in [0, 0.1) is 20.4 Å². The molecule has 0 aromatic carbocycles. The van der Waals surface area contributed by atoms with Crippen LogP contribution in [0.5, 0.6) is 0 Å². The van der Waals surface area contributed by atoms with E-state index in [-0.39, 0.29) is 49.9 Å².